The molecular weight excluding hydrogens is 340 g/mol. The molecule has 5 rings (SSSR count). The molecule has 0 radical (unpaired) electrons. The summed E-state index contributed by atoms with van der Waals surface area (Å²) in [5.74, 6) is 1.13. The van der Waals surface area contributed by atoms with Crippen LogP contribution in [0.5, 0.6) is 0 Å². The highest BCUT2D eigenvalue weighted by atomic mass is 32.1. The Balaban J connectivity index is 1.29. The van der Waals surface area contributed by atoms with Gasteiger partial charge in [-0.05, 0) is 50.7 Å². The molecule has 1 aliphatic carbocycles. The predicted octanol–water partition coefficient (Wildman–Crippen LogP) is 4.15. The first-order chi connectivity index (χ1) is 12.9. The van der Waals surface area contributed by atoms with Crippen molar-refractivity contribution in [3.63, 3.8) is 0 Å². The van der Waals surface area contributed by atoms with Crippen LogP contribution in [0.3, 0.4) is 0 Å². The van der Waals surface area contributed by atoms with Gasteiger partial charge in [-0.2, -0.15) is 0 Å². The van der Waals surface area contributed by atoms with Crippen LogP contribution in [-0.4, -0.2) is 47.1 Å². The van der Waals surface area contributed by atoms with Crippen molar-refractivity contribution in [3.05, 3.63) is 28.9 Å². The highest BCUT2D eigenvalue weighted by Crippen LogP contribution is 2.33. The van der Waals surface area contributed by atoms with E-state index >= 15 is 0 Å². The van der Waals surface area contributed by atoms with Gasteiger partial charge >= 0.3 is 0 Å². The summed E-state index contributed by atoms with van der Waals surface area (Å²) in [7, 11) is 0. The Hall–Kier alpha value is -1.46. The maximum Gasteiger partial charge on any atom is 0.128 e. The molecule has 2 aromatic heterocycles. The minimum absolute atomic E-state index is 0.856. The topological polar surface area (TPSA) is 32.3 Å². The average molecular weight is 369 g/mol. The number of hydrogen-bond donors (Lipinski definition) is 0. The molecule has 4 heterocycles. The summed E-state index contributed by atoms with van der Waals surface area (Å²) in [6.45, 7) is 4.70. The zero-order valence-corrected chi connectivity index (χ0v) is 16.3. The number of piperidine rings is 1. The molecule has 1 saturated heterocycles. The van der Waals surface area contributed by atoms with E-state index in [9.17, 15) is 0 Å². The largest absolute Gasteiger partial charge is 0.357 e. The van der Waals surface area contributed by atoms with Gasteiger partial charge in [-0.1, -0.05) is 6.42 Å². The van der Waals surface area contributed by atoms with E-state index in [1.165, 1.54) is 74.2 Å². The molecule has 0 amide bonds. The molecule has 1 saturated carbocycles. The first kappa shape index (κ1) is 16.7. The summed E-state index contributed by atoms with van der Waals surface area (Å²) in [5.41, 5.74) is 2.52. The third-order valence-electron chi connectivity index (χ3n) is 6.31. The van der Waals surface area contributed by atoms with E-state index in [4.69, 9.17) is 9.97 Å². The third kappa shape index (κ3) is 3.27. The first-order valence-corrected chi connectivity index (χ1v) is 11.1. The van der Waals surface area contributed by atoms with Crippen LogP contribution < -0.4 is 4.90 Å². The first-order valence-electron chi connectivity index (χ1n) is 10.3. The number of rotatable bonds is 3. The van der Waals surface area contributed by atoms with Crippen LogP contribution in [0.2, 0.25) is 0 Å². The van der Waals surface area contributed by atoms with Gasteiger partial charge in [0.15, 0.2) is 0 Å². The summed E-state index contributed by atoms with van der Waals surface area (Å²) in [6, 6.07) is 5.26. The lowest BCUT2D eigenvalue weighted by Crippen LogP contribution is -2.41. The molecule has 2 aliphatic heterocycles. The molecule has 4 nitrogen and oxygen atoms in total. The standard InChI is InChI=1S/C21H28N4S/c1-2-11-25(12-3-1)20-8-7-16(15-22-20)21-23-18-9-13-24(17-5-4-6-17)14-10-19(18)26-21/h7-8,15,17H,1-6,9-14H2. The van der Waals surface area contributed by atoms with Crippen LogP contribution >= 0.6 is 11.3 Å². The van der Waals surface area contributed by atoms with E-state index in [2.05, 4.69) is 21.9 Å². The van der Waals surface area contributed by atoms with E-state index in [1.54, 1.807) is 0 Å². The van der Waals surface area contributed by atoms with Crippen LogP contribution in [0.1, 0.15) is 49.1 Å². The van der Waals surface area contributed by atoms with Crippen molar-refractivity contribution in [2.24, 2.45) is 0 Å². The van der Waals surface area contributed by atoms with Crippen LogP contribution in [0, 0.1) is 0 Å². The predicted molar refractivity (Wildman–Crippen MR) is 108 cm³/mol. The van der Waals surface area contributed by atoms with Gasteiger partial charge in [0.2, 0.25) is 0 Å². The van der Waals surface area contributed by atoms with Crippen molar-refractivity contribution < 1.29 is 0 Å². The molecule has 5 heteroatoms. The van der Waals surface area contributed by atoms with Gasteiger partial charge in [0.05, 0.1) is 5.69 Å². The molecule has 0 aromatic carbocycles. The molecule has 0 N–H and O–H groups in total. The molecule has 0 atom stereocenters. The fourth-order valence-electron chi connectivity index (χ4n) is 4.44. The Morgan fingerprint density at radius 2 is 1.77 bits per heavy atom. The Labute approximate surface area is 160 Å². The SMILES string of the molecule is c1cc(N2CCCCC2)ncc1-c1nc2c(s1)CCN(C1CCC1)CC2. The second-order valence-electron chi connectivity index (χ2n) is 7.96. The number of fused-ring (bicyclic) bond motifs is 1. The Morgan fingerprint density at radius 3 is 2.50 bits per heavy atom. The lowest BCUT2D eigenvalue weighted by molar-refractivity contribution is 0.133. The Bertz CT molecular complexity index is 718. The minimum atomic E-state index is 0.856. The van der Waals surface area contributed by atoms with Crippen molar-refractivity contribution in [2.45, 2.75) is 57.4 Å². The monoisotopic (exact) mass is 368 g/mol. The highest BCUT2D eigenvalue weighted by molar-refractivity contribution is 7.15. The maximum atomic E-state index is 5.00. The van der Waals surface area contributed by atoms with Gasteiger partial charge in [-0.15, -0.1) is 11.3 Å². The molecule has 2 aromatic rings. The molecule has 26 heavy (non-hydrogen) atoms. The zero-order chi connectivity index (χ0) is 17.3. The fourth-order valence-corrected chi connectivity index (χ4v) is 5.53. The average Bonchev–Trinajstić information content (AvgIpc) is 2.97. The maximum absolute atomic E-state index is 5.00. The van der Waals surface area contributed by atoms with Crippen LogP contribution in [0.4, 0.5) is 5.82 Å². The second-order valence-corrected chi connectivity index (χ2v) is 9.05. The quantitative estimate of drug-likeness (QED) is 0.815. The van der Waals surface area contributed by atoms with E-state index in [1.807, 2.05) is 17.5 Å². The van der Waals surface area contributed by atoms with Crippen LogP contribution in [0.15, 0.2) is 18.3 Å². The molecular formula is C21H28N4S. The van der Waals surface area contributed by atoms with Gasteiger partial charge in [-0.3, -0.25) is 4.90 Å². The van der Waals surface area contributed by atoms with Gasteiger partial charge < -0.3 is 4.90 Å². The van der Waals surface area contributed by atoms with Crippen molar-refractivity contribution in [2.75, 3.05) is 31.1 Å². The molecule has 138 valence electrons. The number of hydrogen-bond acceptors (Lipinski definition) is 5. The minimum Gasteiger partial charge on any atom is -0.357 e. The van der Waals surface area contributed by atoms with Gasteiger partial charge in [0.25, 0.3) is 0 Å². The molecule has 0 unspecified atom stereocenters. The molecule has 0 spiro atoms. The number of thiazole rings is 1. The number of aromatic nitrogens is 2. The van der Waals surface area contributed by atoms with E-state index in [-0.39, 0.29) is 0 Å². The summed E-state index contributed by atoms with van der Waals surface area (Å²) in [4.78, 5) is 16.4. The smallest absolute Gasteiger partial charge is 0.128 e. The normalized spacial score (nSPS) is 21.9. The van der Waals surface area contributed by atoms with Gasteiger partial charge in [-0.25, -0.2) is 9.97 Å². The number of anilines is 1. The lowest BCUT2D eigenvalue weighted by atomic mass is 9.91. The molecule has 3 aliphatic rings. The molecule has 2 fully saturated rings. The Morgan fingerprint density at radius 1 is 0.923 bits per heavy atom. The van der Waals surface area contributed by atoms with Crippen molar-refractivity contribution >= 4 is 17.2 Å². The number of pyridine rings is 1. The van der Waals surface area contributed by atoms with Crippen molar-refractivity contribution in [1.82, 2.24) is 14.9 Å². The van der Waals surface area contributed by atoms with E-state index in [0.717, 1.165) is 36.4 Å². The number of nitrogens with zero attached hydrogens (tertiary/aromatic N) is 4. The summed E-state index contributed by atoms with van der Waals surface area (Å²) in [5, 5.41) is 1.16. The van der Waals surface area contributed by atoms with E-state index < -0.39 is 0 Å². The summed E-state index contributed by atoms with van der Waals surface area (Å²) < 4.78 is 0. The van der Waals surface area contributed by atoms with Gasteiger partial charge in [0.1, 0.15) is 10.8 Å². The lowest BCUT2D eigenvalue weighted by Gasteiger charge is -2.36. The van der Waals surface area contributed by atoms with Crippen LogP contribution in [-0.2, 0) is 12.8 Å². The Kier molecular flexibility index (Phi) is 4.67. The third-order valence-corrected chi connectivity index (χ3v) is 7.51. The second kappa shape index (κ2) is 7.28. The zero-order valence-electron chi connectivity index (χ0n) is 15.5. The van der Waals surface area contributed by atoms with Crippen molar-refractivity contribution in [1.29, 1.82) is 0 Å². The highest BCUT2D eigenvalue weighted by Gasteiger charge is 2.27. The summed E-state index contributed by atoms with van der Waals surface area (Å²) in [6.07, 6.45) is 12.5. The van der Waals surface area contributed by atoms with E-state index in [0.29, 0.717) is 0 Å². The molecule has 0 bridgehead atoms. The van der Waals surface area contributed by atoms with Crippen molar-refractivity contribution in [3.8, 4) is 10.6 Å². The van der Waals surface area contributed by atoms with Gasteiger partial charge in [0, 0.05) is 55.3 Å². The summed E-state index contributed by atoms with van der Waals surface area (Å²) >= 11 is 1.89. The van der Waals surface area contributed by atoms with Crippen LogP contribution in [0.25, 0.3) is 10.6 Å². The fraction of sp³-hybridized carbons (Fsp3) is 0.619.